The molecule has 1 aliphatic rings. The van der Waals surface area contributed by atoms with Crippen molar-refractivity contribution in [1.82, 2.24) is 9.55 Å². The van der Waals surface area contributed by atoms with Gasteiger partial charge in [0, 0.05) is 27.1 Å². The predicted octanol–water partition coefficient (Wildman–Crippen LogP) is 4.04. The molecular weight excluding hydrogens is 502 g/mol. The molecule has 0 aliphatic carbocycles. The molecule has 6 nitrogen and oxygen atoms in total. The van der Waals surface area contributed by atoms with E-state index in [-0.39, 0.29) is 12.2 Å². The third kappa shape index (κ3) is 3.79. The number of rotatable bonds is 4. The summed E-state index contributed by atoms with van der Waals surface area (Å²) in [5, 5.41) is 1.04. The number of hydrogen-bond acceptors (Lipinski definition) is 5. The molecule has 3 heterocycles. The van der Waals surface area contributed by atoms with E-state index in [1.165, 1.54) is 11.3 Å². The van der Waals surface area contributed by atoms with Crippen molar-refractivity contribution in [3.05, 3.63) is 101 Å². The highest BCUT2D eigenvalue weighted by Crippen LogP contribution is 2.31. The molecule has 1 atom stereocenters. The Morgan fingerprint density at radius 1 is 1.24 bits per heavy atom. The fourth-order valence-electron chi connectivity index (χ4n) is 4.11. The van der Waals surface area contributed by atoms with Crippen molar-refractivity contribution < 1.29 is 9.53 Å². The smallest absolute Gasteiger partial charge is 0.338 e. The average Bonchev–Trinajstić information content (AvgIpc) is 3.35. The fraction of sp³-hybridized carbons (Fsp3) is 0.160. The number of carbonyl (C=O) groups is 1. The second-order valence-electron chi connectivity index (χ2n) is 7.64. The normalized spacial score (nSPS) is 16.1. The van der Waals surface area contributed by atoms with E-state index >= 15 is 0 Å². The van der Waals surface area contributed by atoms with Gasteiger partial charge in [-0.2, -0.15) is 0 Å². The second kappa shape index (κ2) is 8.61. The topological polar surface area (TPSA) is 76.4 Å². The summed E-state index contributed by atoms with van der Waals surface area (Å²) in [6, 6.07) is 14.9. The molecule has 8 heteroatoms. The molecule has 0 saturated carbocycles. The van der Waals surface area contributed by atoms with E-state index in [0.29, 0.717) is 20.6 Å². The van der Waals surface area contributed by atoms with Crippen LogP contribution >= 0.6 is 27.3 Å². The highest BCUT2D eigenvalue weighted by atomic mass is 79.9. The van der Waals surface area contributed by atoms with Gasteiger partial charge in [-0.05, 0) is 43.7 Å². The number of hydrogen-bond donors (Lipinski definition) is 1. The number of esters is 1. The molecule has 33 heavy (non-hydrogen) atoms. The van der Waals surface area contributed by atoms with Gasteiger partial charge < -0.3 is 9.72 Å². The number of aromatic nitrogens is 2. The Bertz CT molecular complexity index is 1590. The minimum Gasteiger partial charge on any atom is -0.463 e. The van der Waals surface area contributed by atoms with Crippen molar-refractivity contribution in [2.75, 3.05) is 6.61 Å². The Morgan fingerprint density at radius 2 is 2.00 bits per heavy atom. The van der Waals surface area contributed by atoms with Gasteiger partial charge in [-0.15, -0.1) is 0 Å². The van der Waals surface area contributed by atoms with Crippen molar-refractivity contribution in [2.45, 2.75) is 19.9 Å². The molecule has 2 aromatic carbocycles. The van der Waals surface area contributed by atoms with Crippen LogP contribution in [0.2, 0.25) is 0 Å². The van der Waals surface area contributed by atoms with E-state index in [2.05, 4.69) is 25.9 Å². The molecule has 0 amide bonds. The Hall–Kier alpha value is -3.23. The lowest BCUT2D eigenvalue weighted by Crippen LogP contribution is -2.39. The Kier molecular flexibility index (Phi) is 5.64. The number of halogens is 1. The SMILES string of the molecule is CCOC(=O)C1=C(C)N=c2sc(=Cc3c[nH]c4ccccc34)c(=O)n2C1c1ccc(Br)cc1. The van der Waals surface area contributed by atoms with Crippen LogP contribution in [0, 0.1) is 0 Å². The van der Waals surface area contributed by atoms with Gasteiger partial charge in [-0.25, -0.2) is 9.79 Å². The lowest BCUT2D eigenvalue weighted by atomic mass is 9.96. The first-order valence-electron chi connectivity index (χ1n) is 10.5. The van der Waals surface area contributed by atoms with Crippen LogP contribution in [0.5, 0.6) is 0 Å². The van der Waals surface area contributed by atoms with Crippen LogP contribution < -0.4 is 14.9 Å². The van der Waals surface area contributed by atoms with Crippen molar-refractivity contribution in [3.8, 4) is 0 Å². The van der Waals surface area contributed by atoms with Crippen LogP contribution in [0.3, 0.4) is 0 Å². The van der Waals surface area contributed by atoms with Crippen molar-refractivity contribution in [1.29, 1.82) is 0 Å². The van der Waals surface area contributed by atoms with Crippen LogP contribution in [-0.4, -0.2) is 22.1 Å². The number of H-pyrrole nitrogens is 1. The van der Waals surface area contributed by atoms with E-state index in [4.69, 9.17) is 4.74 Å². The Balaban J connectivity index is 1.74. The molecule has 4 aromatic rings. The maximum Gasteiger partial charge on any atom is 0.338 e. The van der Waals surface area contributed by atoms with Crippen LogP contribution in [0.15, 0.2) is 80.3 Å². The average molecular weight is 522 g/mol. The Morgan fingerprint density at radius 3 is 2.76 bits per heavy atom. The number of benzene rings is 2. The highest BCUT2D eigenvalue weighted by molar-refractivity contribution is 9.10. The van der Waals surface area contributed by atoms with Gasteiger partial charge in [-0.1, -0.05) is 57.6 Å². The quantitative estimate of drug-likeness (QED) is 0.411. The number of nitrogens with one attached hydrogen (secondary N) is 1. The third-order valence-corrected chi connectivity index (χ3v) is 7.12. The van der Waals surface area contributed by atoms with Gasteiger partial charge in [0.1, 0.15) is 0 Å². The summed E-state index contributed by atoms with van der Waals surface area (Å²) in [6.07, 6.45) is 3.77. The van der Waals surface area contributed by atoms with Gasteiger partial charge in [0.15, 0.2) is 4.80 Å². The van der Waals surface area contributed by atoms with Gasteiger partial charge in [0.05, 0.1) is 28.5 Å². The molecule has 2 aromatic heterocycles. The fourth-order valence-corrected chi connectivity index (χ4v) is 5.41. The molecule has 0 spiro atoms. The summed E-state index contributed by atoms with van der Waals surface area (Å²) in [7, 11) is 0. The zero-order valence-corrected chi connectivity index (χ0v) is 20.4. The summed E-state index contributed by atoms with van der Waals surface area (Å²) in [5.74, 6) is -0.461. The van der Waals surface area contributed by atoms with E-state index in [1.54, 1.807) is 18.4 Å². The zero-order valence-electron chi connectivity index (χ0n) is 18.0. The molecule has 166 valence electrons. The minimum absolute atomic E-state index is 0.189. The van der Waals surface area contributed by atoms with Crippen LogP contribution in [0.25, 0.3) is 17.0 Å². The molecule has 0 bridgehead atoms. The van der Waals surface area contributed by atoms with Gasteiger partial charge in [-0.3, -0.25) is 9.36 Å². The summed E-state index contributed by atoms with van der Waals surface area (Å²) in [5.41, 5.74) is 3.50. The molecule has 0 radical (unpaired) electrons. The van der Waals surface area contributed by atoms with Crippen LogP contribution in [0.4, 0.5) is 0 Å². The maximum atomic E-state index is 13.6. The standard InChI is InChI=1S/C25H20BrN3O3S/c1-3-32-24(31)21-14(2)28-25-29(22(21)15-8-10-17(26)11-9-15)23(30)20(33-25)12-16-13-27-19-7-5-4-6-18(16)19/h4-13,22,27H,3H2,1-2H3. The van der Waals surface area contributed by atoms with Crippen molar-refractivity contribution >= 4 is 50.2 Å². The zero-order chi connectivity index (χ0) is 23.1. The van der Waals surface area contributed by atoms with Crippen LogP contribution in [0.1, 0.15) is 31.0 Å². The summed E-state index contributed by atoms with van der Waals surface area (Å²) < 4.78 is 8.40. The molecule has 1 N–H and O–H groups in total. The van der Waals surface area contributed by atoms with Gasteiger partial charge in [0.2, 0.25) is 0 Å². The number of aromatic amines is 1. The van der Waals surface area contributed by atoms with E-state index in [1.807, 2.05) is 60.8 Å². The van der Waals surface area contributed by atoms with Crippen LogP contribution in [-0.2, 0) is 9.53 Å². The summed E-state index contributed by atoms with van der Waals surface area (Å²) >= 11 is 4.78. The molecule has 0 fully saturated rings. The number of allylic oxidation sites excluding steroid dienone is 1. The van der Waals surface area contributed by atoms with Crippen molar-refractivity contribution in [3.63, 3.8) is 0 Å². The molecule has 1 unspecified atom stereocenters. The third-order valence-electron chi connectivity index (χ3n) is 5.61. The van der Waals surface area contributed by atoms with E-state index in [9.17, 15) is 9.59 Å². The van der Waals surface area contributed by atoms with Gasteiger partial charge >= 0.3 is 5.97 Å². The first-order valence-corrected chi connectivity index (χ1v) is 12.1. The molecule has 0 saturated heterocycles. The number of thiazole rings is 1. The largest absolute Gasteiger partial charge is 0.463 e. The molecule has 1 aliphatic heterocycles. The van der Waals surface area contributed by atoms with E-state index < -0.39 is 12.0 Å². The number of carbonyl (C=O) groups excluding carboxylic acids is 1. The monoisotopic (exact) mass is 521 g/mol. The lowest BCUT2D eigenvalue weighted by molar-refractivity contribution is -0.139. The lowest BCUT2D eigenvalue weighted by Gasteiger charge is -2.24. The Labute approximate surface area is 201 Å². The van der Waals surface area contributed by atoms with Gasteiger partial charge in [0.25, 0.3) is 5.56 Å². The first kappa shape index (κ1) is 21.6. The number of para-hydroxylation sites is 1. The highest BCUT2D eigenvalue weighted by Gasteiger charge is 2.33. The number of fused-ring (bicyclic) bond motifs is 2. The predicted molar refractivity (Wildman–Crippen MR) is 133 cm³/mol. The second-order valence-corrected chi connectivity index (χ2v) is 9.57. The molecule has 5 rings (SSSR count). The first-order chi connectivity index (χ1) is 16.0. The minimum atomic E-state index is -0.612. The number of nitrogens with zero attached hydrogens (tertiary/aromatic N) is 2. The van der Waals surface area contributed by atoms with E-state index in [0.717, 1.165) is 26.5 Å². The van der Waals surface area contributed by atoms with Crippen molar-refractivity contribution in [2.24, 2.45) is 4.99 Å². The number of ether oxygens (including phenoxy) is 1. The maximum absolute atomic E-state index is 13.6. The molecular formula is C25H20BrN3O3S. The summed E-state index contributed by atoms with van der Waals surface area (Å²) in [6.45, 7) is 3.79. The summed E-state index contributed by atoms with van der Waals surface area (Å²) in [4.78, 5) is 35.0.